The van der Waals surface area contributed by atoms with E-state index in [-0.39, 0.29) is 21.1 Å². The van der Waals surface area contributed by atoms with Gasteiger partial charge in [0, 0.05) is 21.1 Å². The van der Waals surface area contributed by atoms with Crippen LogP contribution in [0.4, 0.5) is 0 Å². The second-order valence-electron chi connectivity index (χ2n) is 3.59. The number of carboxylic acids is 1. The van der Waals surface area contributed by atoms with E-state index in [1.165, 1.54) is 56.8 Å². The summed E-state index contributed by atoms with van der Waals surface area (Å²) in [5.41, 5.74) is 1.18. The molecule has 3 N–H and O–H groups in total. The van der Waals surface area contributed by atoms with Crippen molar-refractivity contribution in [3.05, 3.63) is 0 Å². The van der Waals surface area contributed by atoms with Crippen molar-refractivity contribution in [1.82, 2.24) is 11.3 Å². The number of hydrogen-bond acceptors (Lipinski definition) is 2. The van der Waals surface area contributed by atoms with Crippen molar-refractivity contribution in [2.24, 2.45) is 0 Å². The van der Waals surface area contributed by atoms with Gasteiger partial charge in [-0.2, -0.15) is 5.84 Å². The predicted molar refractivity (Wildman–Crippen MR) is 55.8 cm³/mol. The zero-order valence-corrected chi connectivity index (χ0v) is 11.5. The van der Waals surface area contributed by atoms with Gasteiger partial charge in [0.25, 0.3) is 0 Å². The summed E-state index contributed by atoms with van der Waals surface area (Å²) >= 11 is 0. The number of carbonyl (C=O) groups excluding carboxylic acids is 1. The third-order valence-corrected chi connectivity index (χ3v) is 2.31. The smallest absolute Gasteiger partial charge is 0.395 e. The van der Waals surface area contributed by atoms with Gasteiger partial charge in [-0.15, -0.1) is 0 Å². The molecule has 1 fully saturated rings. The normalized spacial score (nSPS) is 15.3. The van der Waals surface area contributed by atoms with Crippen LogP contribution in [-0.4, -0.2) is 17.0 Å². The SMILES string of the molecule is C1CCCCCCC1.[NH]NC(=O)C(=O)O.[Pt]. The predicted octanol–water partition coefficient (Wildman–Crippen LogP) is 1.50. The summed E-state index contributed by atoms with van der Waals surface area (Å²) in [5.74, 6) is 3.00. The molecule has 1 saturated carbocycles. The fourth-order valence-corrected chi connectivity index (χ4v) is 1.47. The molecule has 1 radical (unpaired) electrons. The van der Waals surface area contributed by atoms with Crippen molar-refractivity contribution in [2.45, 2.75) is 51.4 Å². The van der Waals surface area contributed by atoms with Crippen LogP contribution in [0.25, 0.3) is 0 Å². The summed E-state index contributed by atoms with van der Waals surface area (Å²) in [6, 6.07) is 0. The first-order chi connectivity index (χ1) is 7.18. The van der Waals surface area contributed by atoms with Crippen molar-refractivity contribution in [3.63, 3.8) is 0 Å². The summed E-state index contributed by atoms with van der Waals surface area (Å²) in [6.07, 6.45) is 12.0. The van der Waals surface area contributed by atoms with Gasteiger partial charge < -0.3 is 5.11 Å². The first-order valence-corrected chi connectivity index (χ1v) is 5.38. The van der Waals surface area contributed by atoms with Crippen LogP contribution in [0.2, 0.25) is 0 Å². The molecule has 1 aliphatic carbocycles. The molecule has 0 spiro atoms. The molecule has 0 aliphatic heterocycles. The molecule has 1 aliphatic rings. The molecule has 5 nitrogen and oxygen atoms in total. The Kier molecular flexibility index (Phi) is 14.2. The Morgan fingerprint density at radius 3 is 1.19 bits per heavy atom. The summed E-state index contributed by atoms with van der Waals surface area (Å²) in [4.78, 5) is 19.0. The van der Waals surface area contributed by atoms with E-state index in [0.717, 1.165) is 0 Å². The van der Waals surface area contributed by atoms with Gasteiger partial charge in [0.15, 0.2) is 0 Å². The van der Waals surface area contributed by atoms with E-state index in [1.54, 1.807) is 0 Å². The Morgan fingerprint density at radius 2 is 1.12 bits per heavy atom. The molecule has 0 aromatic carbocycles. The average molecular weight is 410 g/mol. The van der Waals surface area contributed by atoms with Gasteiger partial charge in [-0.3, -0.25) is 10.2 Å². The largest absolute Gasteiger partial charge is 0.474 e. The maximum Gasteiger partial charge on any atom is 0.395 e. The molecule has 1 rings (SSSR count). The van der Waals surface area contributed by atoms with Crippen molar-refractivity contribution in [3.8, 4) is 0 Å². The van der Waals surface area contributed by atoms with E-state index >= 15 is 0 Å². The van der Waals surface area contributed by atoms with E-state index in [9.17, 15) is 9.59 Å². The molecular weight excluding hydrogens is 391 g/mol. The number of nitrogens with one attached hydrogen (secondary N) is 2. The van der Waals surface area contributed by atoms with E-state index in [4.69, 9.17) is 10.9 Å². The van der Waals surface area contributed by atoms with Gasteiger partial charge in [0.05, 0.1) is 0 Å². The van der Waals surface area contributed by atoms with E-state index in [2.05, 4.69) is 0 Å². The standard InChI is InChI=1S/C8H16.C2H3N2O3.Pt/c1-2-4-6-8-7-5-3-1;3-4-1(5)2(6)7;/h1-8H2;3H,(H,4,5)(H,6,7);. The Bertz CT molecular complexity index is 177. The van der Waals surface area contributed by atoms with Crippen LogP contribution in [-0.2, 0) is 30.7 Å². The number of carboxylic acid groups (broad SMARTS) is 1. The number of hydrogen-bond donors (Lipinski definition) is 2. The zero-order valence-electron chi connectivity index (χ0n) is 9.24. The summed E-state index contributed by atoms with van der Waals surface area (Å²) in [7, 11) is 0. The number of carbonyl (C=O) groups is 2. The molecule has 6 heteroatoms. The first-order valence-electron chi connectivity index (χ1n) is 5.38. The Balaban J connectivity index is 0. The number of aliphatic carboxylic acids is 1. The van der Waals surface area contributed by atoms with Crippen LogP contribution in [0, 0.1) is 0 Å². The summed E-state index contributed by atoms with van der Waals surface area (Å²) in [6.45, 7) is 0. The number of rotatable bonds is 0. The Morgan fingerprint density at radius 1 is 0.875 bits per heavy atom. The molecule has 0 saturated heterocycles. The second kappa shape index (κ2) is 12.7. The molecule has 0 aromatic rings. The summed E-state index contributed by atoms with van der Waals surface area (Å²) in [5, 5.41) is 7.65. The fourth-order valence-electron chi connectivity index (χ4n) is 1.47. The molecule has 0 bridgehead atoms. The quantitative estimate of drug-likeness (QED) is 0.469. The van der Waals surface area contributed by atoms with E-state index in [1.807, 2.05) is 0 Å². The van der Waals surface area contributed by atoms with Crippen LogP contribution < -0.4 is 11.3 Å². The average Bonchev–Trinajstić information content (AvgIpc) is 2.16. The molecule has 0 aromatic heterocycles. The van der Waals surface area contributed by atoms with Gasteiger partial charge >= 0.3 is 11.9 Å². The van der Waals surface area contributed by atoms with Crippen LogP contribution in [0.5, 0.6) is 0 Å². The van der Waals surface area contributed by atoms with Gasteiger partial charge in [-0.05, 0) is 0 Å². The number of amides is 1. The van der Waals surface area contributed by atoms with Crippen molar-refractivity contribution >= 4 is 11.9 Å². The van der Waals surface area contributed by atoms with Crippen molar-refractivity contribution < 1.29 is 35.8 Å². The maximum atomic E-state index is 9.61. The molecule has 0 heterocycles. The molecular formula is C10H19N2O3Pt. The first kappa shape index (κ1) is 18.0. The van der Waals surface area contributed by atoms with Gasteiger partial charge in [0.2, 0.25) is 0 Å². The maximum absolute atomic E-state index is 9.61. The summed E-state index contributed by atoms with van der Waals surface area (Å²) < 4.78 is 0. The zero-order chi connectivity index (χ0) is 11.5. The minimum atomic E-state index is -1.64. The Labute approximate surface area is 110 Å². The molecule has 97 valence electrons. The van der Waals surface area contributed by atoms with Crippen molar-refractivity contribution in [2.75, 3.05) is 0 Å². The van der Waals surface area contributed by atoms with Gasteiger partial charge in [0.1, 0.15) is 0 Å². The second-order valence-corrected chi connectivity index (χ2v) is 3.59. The van der Waals surface area contributed by atoms with Crippen molar-refractivity contribution in [1.29, 1.82) is 0 Å². The van der Waals surface area contributed by atoms with Crippen LogP contribution in [0.1, 0.15) is 51.4 Å². The van der Waals surface area contributed by atoms with Gasteiger partial charge in [-0.25, -0.2) is 4.79 Å². The van der Waals surface area contributed by atoms with E-state index < -0.39 is 11.9 Å². The van der Waals surface area contributed by atoms with Crippen LogP contribution in [0.15, 0.2) is 0 Å². The third-order valence-electron chi connectivity index (χ3n) is 2.31. The molecule has 16 heavy (non-hydrogen) atoms. The topological polar surface area (TPSA) is 90.2 Å². The molecule has 0 atom stereocenters. The third kappa shape index (κ3) is 11.7. The minimum Gasteiger partial charge on any atom is -0.474 e. The van der Waals surface area contributed by atoms with E-state index in [0.29, 0.717) is 0 Å². The Hall–Kier alpha value is -0.412. The molecule has 0 unspecified atom stereocenters. The van der Waals surface area contributed by atoms with Crippen LogP contribution in [0.3, 0.4) is 0 Å². The minimum absolute atomic E-state index is 0. The van der Waals surface area contributed by atoms with Gasteiger partial charge in [-0.1, -0.05) is 51.4 Å². The van der Waals surface area contributed by atoms with Crippen LogP contribution >= 0.6 is 0 Å². The fraction of sp³-hybridized carbons (Fsp3) is 0.800. The molecule has 1 amide bonds. The monoisotopic (exact) mass is 410 g/mol.